The second-order valence-electron chi connectivity index (χ2n) is 5.38. The van der Waals surface area contributed by atoms with Crippen LogP contribution in [0.3, 0.4) is 0 Å². The number of ether oxygens (including phenoxy) is 1. The van der Waals surface area contributed by atoms with Crippen LogP contribution in [0.2, 0.25) is 0 Å². The summed E-state index contributed by atoms with van der Waals surface area (Å²) in [5.41, 5.74) is 6.19. The van der Waals surface area contributed by atoms with Crippen molar-refractivity contribution in [2.45, 2.75) is 37.8 Å². The molecule has 0 radical (unpaired) electrons. The van der Waals surface area contributed by atoms with E-state index in [1.54, 1.807) is 19.4 Å². The lowest BCUT2D eigenvalue weighted by molar-refractivity contribution is -0.118. The molecule has 0 spiro atoms. The molecule has 1 aromatic heterocycles. The van der Waals surface area contributed by atoms with Crippen LogP contribution in [0, 0.1) is 0 Å². The number of hydrogen-bond acceptors (Lipinski definition) is 4. The van der Waals surface area contributed by atoms with Crippen LogP contribution in [-0.2, 0) is 16.1 Å². The quantitative estimate of drug-likeness (QED) is 0.802. The van der Waals surface area contributed by atoms with Crippen LogP contribution in [0.25, 0.3) is 0 Å². The molecular weight excluding hydrogens is 258 g/mol. The van der Waals surface area contributed by atoms with E-state index in [1.807, 2.05) is 0 Å². The summed E-state index contributed by atoms with van der Waals surface area (Å²) < 4.78 is 6.46. The molecule has 20 heavy (non-hydrogen) atoms. The van der Waals surface area contributed by atoms with Gasteiger partial charge in [-0.2, -0.15) is 0 Å². The van der Waals surface area contributed by atoms with Gasteiger partial charge in [-0.05, 0) is 25.3 Å². The Morgan fingerprint density at radius 2 is 2.25 bits per heavy atom. The average Bonchev–Trinajstić information content (AvgIpc) is 2.37. The maximum atomic E-state index is 11.9. The van der Waals surface area contributed by atoms with Gasteiger partial charge in [0.05, 0.1) is 12.3 Å². The number of nitrogens with one attached hydrogen (secondary N) is 1. The maximum absolute atomic E-state index is 11.9. The van der Waals surface area contributed by atoms with Gasteiger partial charge in [0.1, 0.15) is 0 Å². The number of nitrogens with zero attached hydrogens (tertiary/aromatic N) is 1. The third-order valence-corrected chi connectivity index (χ3v) is 3.67. The van der Waals surface area contributed by atoms with Gasteiger partial charge in [-0.25, -0.2) is 0 Å². The molecule has 6 nitrogen and oxygen atoms in total. The first kappa shape index (κ1) is 14.7. The lowest BCUT2D eigenvalue weighted by atomic mass is 9.75. The number of hydrogen-bond donors (Lipinski definition) is 2. The second kappa shape index (κ2) is 6.19. The fraction of sp³-hybridized carbons (Fsp3) is 0.571. The van der Waals surface area contributed by atoms with E-state index in [-0.39, 0.29) is 17.0 Å². The third-order valence-electron chi connectivity index (χ3n) is 3.67. The molecule has 0 unspecified atom stereocenters. The minimum Gasteiger partial charge on any atom is -0.383 e. The van der Waals surface area contributed by atoms with E-state index in [0.29, 0.717) is 25.3 Å². The molecule has 1 aromatic rings. The topological polar surface area (TPSA) is 86.3 Å². The zero-order valence-corrected chi connectivity index (χ0v) is 11.7. The number of rotatable bonds is 6. The number of carbonyl (C=O) groups is 1. The molecule has 3 N–H and O–H groups in total. The number of anilines is 1. The highest BCUT2D eigenvalue weighted by atomic mass is 16.5. The zero-order valence-electron chi connectivity index (χ0n) is 11.7. The normalized spacial score (nSPS) is 16.5. The van der Waals surface area contributed by atoms with Gasteiger partial charge in [0, 0.05) is 37.9 Å². The fourth-order valence-electron chi connectivity index (χ4n) is 2.30. The van der Waals surface area contributed by atoms with Gasteiger partial charge in [0.2, 0.25) is 5.91 Å². The van der Waals surface area contributed by atoms with Crippen molar-refractivity contribution in [3.8, 4) is 0 Å². The summed E-state index contributed by atoms with van der Waals surface area (Å²) in [5, 5.41) is 2.79. The maximum Gasteiger partial charge on any atom is 0.250 e. The fourth-order valence-corrected chi connectivity index (χ4v) is 2.30. The van der Waals surface area contributed by atoms with Gasteiger partial charge in [0.25, 0.3) is 5.56 Å². The molecule has 110 valence electrons. The first-order chi connectivity index (χ1) is 9.52. The van der Waals surface area contributed by atoms with Crippen LogP contribution >= 0.6 is 0 Å². The minimum atomic E-state index is -0.339. The molecule has 1 aliphatic carbocycles. The number of methoxy groups -OCH3 is 1. The van der Waals surface area contributed by atoms with Gasteiger partial charge < -0.3 is 20.4 Å². The molecule has 1 amide bonds. The number of pyridine rings is 1. The summed E-state index contributed by atoms with van der Waals surface area (Å²) in [6.07, 6.45) is 4.83. The SMILES string of the molecule is COCCn1cc(NC(=O)CC2(N)CCC2)ccc1=O. The molecule has 1 fully saturated rings. The average molecular weight is 279 g/mol. The van der Waals surface area contributed by atoms with Crippen LogP contribution < -0.4 is 16.6 Å². The monoisotopic (exact) mass is 279 g/mol. The van der Waals surface area contributed by atoms with Crippen molar-refractivity contribution in [2.75, 3.05) is 19.0 Å². The van der Waals surface area contributed by atoms with E-state index in [0.717, 1.165) is 19.3 Å². The Hall–Kier alpha value is -1.66. The van der Waals surface area contributed by atoms with Gasteiger partial charge in [0.15, 0.2) is 0 Å². The highest BCUT2D eigenvalue weighted by Gasteiger charge is 2.34. The summed E-state index contributed by atoms with van der Waals surface area (Å²) in [6.45, 7) is 0.906. The molecular formula is C14H21N3O3. The van der Waals surface area contributed by atoms with E-state index >= 15 is 0 Å². The highest BCUT2D eigenvalue weighted by Crippen LogP contribution is 2.32. The van der Waals surface area contributed by atoms with Gasteiger partial charge >= 0.3 is 0 Å². The standard InChI is InChI=1S/C14H21N3O3/c1-20-8-7-17-10-11(3-4-13(17)19)16-12(18)9-14(15)5-2-6-14/h3-4,10H,2,5-9,15H2,1H3,(H,16,18). The van der Waals surface area contributed by atoms with Crippen molar-refractivity contribution in [3.05, 3.63) is 28.7 Å². The molecule has 0 bridgehead atoms. The summed E-state index contributed by atoms with van der Waals surface area (Å²) in [5.74, 6) is -0.107. The summed E-state index contributed by atoms with van der Waals surface area (Å²) in [6, 6.07) is 3.04. The Labute approximate surface area is 117 Å². The van der Waals surface area contributed by atoms with Crippen LogP contribution in [0.5, 0.6) is 0 Å². The first-order valence-corrected chi connectivity index (χ1v) is 6.81. The van der Waals surface area contributed by atoms with Crippen molar-refractivity contribution in [3.63, 3.8) is 0 Å². The molecule has 0 atom stereocenters. The zero-order chi connectivity index (χ0) is 14.6. The van der Waals surface area contributed by atoms with Crippen molar-refractivity contribution in [1.29, 1.82) is 0 Å². The van der Waals surface area contributed by atoms with Gasteiger partial charge in [-0.3, -0.25) is 9.59 Å². The Kier molecular flexibility index (Phi) is 4.57. The van der Waals surface area contributed by atoms with E-state index < -0.39 is 0 Å². The molecule has 0 saturated heterocycles. The van der Waals surface area contributed by atoms with Crippen LogP contribution in [0.4, 0.5) is 5.69 Å². The molecule has 1 heterocycles. The molecule has 1 aliphatic rings. The summed E-state index contributed by atoms with van der Waals surface area (Å²) in [7, 11) is 1.58. The smallest absolute Gasteiger partial charge is 0.250 e. The van der Waals surface area contributed by atoms with Gasteiger partial charge in [-0.1, -0.05) is 0 Å². The van der Waals surface area contributed by atoms with E-state index in [2.05, 4.69) is 5.32 Å². The summed E-state index contributed by atoms with van der Waals surface area (Å²) >= 11 is 0. The molecule has 0 aromatic carbocycles. The number of carbonyl (C=O) groups excluding carboxylic acids is 1. The molecule has 1 saturated carbocycles. The Bertz CT molecular complexity index is 535. The third kappa shape index (κ3) is 3.68. The van der Waals surface area contributed by atoms with Crippen LogP contribution in [0.1, 0.15) is 25.7 Å². The Morgan fingerprint density at radius 1 is 1.50 bits per heavy atom. The van der Waals surface area contributed by atoms with Crippen molar-refractivity contribution in [2.24, 2.45) is 5.73 Å². The first-order valence-electron chi connectivity index (χ1n) is 6.81. The van der Waals surface area contributed by atoms with Crippen molar-refractivity contribution < 1.29 is 9.53 Å². The summed E-state index contributed by atoms with van der Waals surface area (Å²) in [4.78, 5) is 23.5. The van der Waals surface area contributed by atoms with E-state index in [4.69, 9.17) is 10.5 Å². The van der Waals surface area contributed by atoms with Crippen molar-refractivity contribution >= 4 is 11.6 Å². The molecule has 2 rings (SSSR count). The number of nitrogens with two attached hydrogens (primary N) is 1. The second-order valence-corrected chi connectivity index (χ2v) is 5.38. The predicted molar refractivity (Wildman–Crippen MR) is 76.6 cm³/mol. The largest absolute Gasteiger partial charge is 0.383 e. The lowest BCUT2D eigenvalue weighted by Crippen LogP contribution is -2.48. The predicted octanol–water partition coefficient (Wildman–Crippen LogP) is 0.705. The van der Waals surface area contributed by atoms with Crippen LogP contribution in [0.15, 0.2) is 23.1 Å². The van der Waals surface area contributed by atoms with E-state index in [9.17, 15) is 9.59 Å². The van der Waals surface area contributed by atoms with Crippen LogP contribution in [-0.4, -0.2) is 29.7 Å². The highest BCUT2D eigenvalue weighted by molar-refractivity contribution is 5.91. The number of amides is 1. The Morgan fingerprint density at radius 3 is 2.85 bits per heavy atom. The molecule has 0 aliphatic heterocycles. The Balaban J connectivity index is 1.98. The lowest BCUT2D eigenvalue weighted by Gasteiger charge is -2.37. The molecule has 6 heteroatoms. The van der Waals surface area contributed by atoms with E-state index in [1.165, 1.54) is 10.6 Å². The number of aromatic nitrogens is 1. The minimum absolute atomic E-state index is 0.107. The van der Waals surface area contributed by atoms with Gasteiger partial charge in [-0.15, -0.1) is 0 Å². The van der Waals surface area contributed by atoms with Crippen molar-refractivity contribution in [1.82, 2.24) is 4.57 Å².